The molecule has 0 saturated heterocycles. The number of amides is 1. The number of allylic oxidation sites excluding steroid dienone is 1. The molecule has 0 aromatic heterocycles. The van der Waals surface area contributed by atoms with Gasteiger partial charge in [0.15, 0.2) is 5.78 Å². The van der Waals surface area contributed by atoms with Gasteiger partial charge in [0.2, 0.25) is 0 Å². The van der Waals surface area contributed by atoms with Crippen LogP contribution in [0.2, 0.25) is 0 Å². The van der Waals surface area contributed by atoms with Crippen LogP contribution in [0.5, 0.6) is 0 Å². The lowest BCUT2D eigenvalue weighted by Gasteiger charge is -2.33. The molecule has 0 bridgehead atoms. The summed E-state index contributed by atoms with van der Waals surface area (Å²) >= 11 is 0. The van der Waals surface area contributed by atoms with Crippen LogP contribution >= 0.6 is 0 Å². The Bertz CT molecular complexity index is 508. The second-order valence-electron chi connectivity index (χ2n) is 5.48. The molecule has 0 aliphatic carbocycles. The van der Waals surface area contributed by atoms with E-state index in [-0.39, 0.29) is 17.7 Å². The van der Waals surface area contributed by atoms with Gasteiger partial charge in [-0.1, -0.05) is 32.0 Å². The van der Waals surface area contributed by atoms with Gasteiger partial charge in [0.1, 0.15) is 0 Å². The third kappa shape index (κ3) is 3.70. The van der Waals surface area contributed by atoms with Crippen molar-refractivity contribution in [2.45, 2.75) is 32.7 Å². The summed E-state index contributed by atoms with van der Waals surface area (Å²) in [6, 6.07) is 9.10. The first kappa shape index (κ1) is 14.3. The van der Waals surface area contributed by atoms with Crippen LogP contribution in [-0.4, -0.2) is 22.7 Å². The molecule has 2 rings (SSSR count). The maximum atomic E-state index is 12.2. The Labute approximate surface area is 119 Å². The Balaban J connectivity index is 2.07. The van der Waals surface area contributed by atoms with Crippen LogP contribution in [0.1, 0.15) is 37.0 Å². The molecule has 1 amide bonds. The van der Waals surface area contributed by atoms with Crippen molar-refractivity contribution in [2.24, 2.45) is 5.92 Å². The van der Waals surface area contributed by atoms with Crippen molar-refractivity contribution in [1.82, 2.24) is 10.4 Å². The minimum absolute atomic E-state index is 0.0279. The van der Waals surface area contributed by atoms with E-state index >= 15 is 0 Å². The van der Waals surface area contributed by atoms with Gasteiger partial charge in [-0.15, -0.1) is 0 Å². The predicted molar refractivity (Wildman–Crippen MR) is 77.8 cm³/mol. The van der Waals surface area contributed by atoms with E-state index in [0.717, 1.165) is 6.42 Å². The van der Waals surface area contributed by atoms with Crippen molar-refractivity contribution >= 4 is 11.7 Å². The summed E-state index contributed by atoms with van der Waals surface area (Å²) in [5.74, 6) is 0.426. The van der Waals surface area contributed by atoms with Crippen LogP contribution in [0.3, 0.4) is 0 Å². The molecule has 0 spiro atoms. The Kier molecular flexibility index (Phi) is 4.56. The SMILES string of the molecule is CC(C)C[C@H]1CC(=O)C=CN1NC(=O)c1ccccc1. The number of rotatable bonds is 4. The lowest BCUT2D eigenvalue weighted by Crippen LogP contribution is -2.48. The van der Waals surface area contributed by atoms with Crippen LogP contribution in [0.4, 0.5) is 0 Å². The summed E-state index contributed by atoms with van der Waals surface area (Å²) in [4.78, 5) is 23.7. The number of benzene rings is 1. The van der Waals surface area contributed by atoms with Gasteiger partial charge in [-0.05, 0) is 30.5 Å². The average Bonchev–Trinajstić information content (AvgIpc) is 2.42. The fraction of sp³-hybridized carbons (Fsp3) is 0.375. The van der Waals surface area contributed by atoms with E-state index in [9.17, 15) is 9.59 Å². The Morgan fingerprint density at radius 3 is 2.70 bits per heavy atom. The molecule has 1 aliphatic heterocycles. The van der Waals surface area contributed by atoms with E-state index in [2.05, 4.69) is 19.3 Å². The molecule has 1 atom stereocenters. The van der Waals surface area contributed by atoms with E-state index in [1.807, 2.05) is 18.2 Å². The zero-order chi connectivity index (χ0) is 14.5. The zero-order valence-corrected chi connectivity index (χ0v) is 11.9. The second kappa shape index (κ2) is 6.37. The van der Waals surface area contributed by atoms with Crippen LogP contribution in [0.25, 0.3) is 0 Å². The highest BCUT2D eigenvalue weighted by atomic mass is 16.2. The molecule has 1 aliphatic rings. The lowest BCUT2D eigenvalue weighted by molar-refractivity contribution is -0.116. The molecular formula is C16H20N2O2. The minimum atomic E-state index is -0.154. The molecule has 0 fully saturated rings. The van der Waals surface area contributed by atoms with Gasteiger partial charge >= 0.3 is 0 Å². The number of nitrogens with one attached hydrogen (secondary N) is 1. The van der Waals surface area contributed by atoms with E-state index < -0.39 is 0 Å². The first-order chi connectivity index (χ1) is 9.56. The fourth-order valence-corrected chi connectivity index (χ4v) is 2.32. The third-order valence-electron chi connectivity index (χ3n) is 3.26. The van der Waals surface area contributed by atoms with Crippen LogP contribution < -0.4 is 5.43 Å². The Morgan fingerprint density at radius 1 is 1.35 bits per heavy atom. The van der Waals surface area contributed by atoms with Crippen LogP contribution in [0, 0.1) is 5.92 Å². The molecule has 1 heterocycles. The van der Waals surface area contributed by atoms with Crippen LogP contribution in [0.15, 0.2) is 42.6 Å². The highest BCUT2D eigenvalue weighted by molar-refractivity contribution is 5.94. The lowest BCUT2D eigenvalue weighted by atomic mass is 9.97. The first-order valence-electron chi connectivity index (χ1n) is 6.91. The molecule has 0 saturated carbocycles. The van der Waals surface area contributed by atoms with Gasteiger partial charge in [-0.3, -0.25) is 20.0 Å². The van der Waals surface area contributed by atoms with Gasteiger partial charge < -0.3 is 0 Å². The largest absolute Gasteiger partial charge is 0.295 e. The van der Waals surface area contributed by atoms with Crippen molar-refractivity contribution in [1.29, 1.82) is 0 Å². The summed E-state index contributed by atoms with van der Waals surface area (Å²) < 4.78 is 0. The standard InChI is InChI=1S/C16H20N2O2/c1-12(2)10-14-11-15(19)8-9-18(14)17-16(20)13-6-4-3-5-7-13/h3-9,12,14H,10-11H2,1-2H3,(H,17,20)/t14-/m0/s1. The summed E-state index contributed by atoms with van der Waals surface area (Å²) in [7, 11) is 0. The maximum absolute atomic E-state index is 12.2. The molecule has 20 heavy (non-hydrogen) atoms. The number of carbonyl (C=O) groups excluding carboxylic acids is 2. The van der Waals surface area contributed by atoms with Gasteiger partial charge in [0.05, 0.1) is 6.04 Å². The monoisotopic (exact) mass is 272 g/mol. The van der Waals surface area contributed by atoms with E-state index in [4.69, 9.17) is 0 Å². The first-order valence-corrected chi connectivity index (χ1v) is 6.91. The number of hydrogen-bond donors (Lipinski definition) is 1. The molecule has 4 nitrogen and oxygen atoms in total. The Morgan fingerprint density at radius 2 is 2.05 bits per heavy atom. The zero-order valence-electron chi connectivity index (χ0n) is 11.9. The van der Waals surface area contributed by atoms with Crippen molar-refractivity contribution in [2.75, 3.05) is 0 Å². The summed E-state index contributed by atoms with van der Waals surface area (Å²) in [5.41, 5.74) is 3.48. The predicted octanol–water partition coefficient (Wildman–Crippen LogP) is 2.53. The van der Waals surface area contributed by atoms with Gasteiger partial charge in [-0.2, -0.15) is 0 Å². The molecule has 1 aromatic rings. The van der Waals surface area contributed by atoms with Crippen LogP contribution in [-0.2, 0) is 4.79 Å². The van der Waals surface area contributed by atoms with Gasteiger partial charge in [0, 0.05) is 18.2 Å². The molecule has 0 unspecified atom stereocenters. The van der Waals surface area contributed by atoms with Crippen molar-refractivity contribution in [3.8, 4) is 0 Å². The number of ketones is 1. The molecule has 4 heteroatoms. The summed E-state index contributed by atoms with van der Waals surface area (Å²) in [6.45, 7) is 4.22. The maximum Gasteiger partial charge on any atom is 0.269 e. The number of hydrogen-bond acceptors (Lipinski definition) is 3. The van der Waals surface area contributed by atoms with Crippen molar-refractivity contribution in [3.05, 3.63) is 48.2 Å². The van der Waals surface area contributed by atoms with E-state index in [1.165, 1.54) is 6.08 Å². The molecule has 0 radical (unpaired) electrons. The van der Waals surface area contributed by atoms with E-state index in [1.54, 1.807) is 23.3 Å². The molecular weight excluding hydrogens is 252 g/mol. The quantitative estimate of drug-likeness (QED) is 0.916. The number of carbonyl (C=O) groups is 2. The van der Waals surface area contributed by atoms with Crippen molar-refractivity contribution in [3.63, 3.8) is 0 Å². The second-order valence-corrected chi connectivity index (χ2v) is 5.48. The highest BCUT2D eigenvalue weighted by Crippen LogP contribution is 2.18. The average molecular weight is 272 g/mol. The summed E-state index contributed by atoms with van der Waals surface area (Å²) in [5, 5.41) is 1.76. The Hall–Kier alpha value is -2.10. The minimum Gasteiger partial charge on any atom is -0.295 e. The van der Waals surface area contributed by atoms with Gasteiger partial charge in [0.25, 0.3) is 5.91 Å². The molecule has 1 aromatic carbocycles. The number of nitrogens with zero attached hydrogens (tertiary/aromatic N) is 1. The van der Waals surface area contributed by atoms with E-state index in [0.29, 0.717) is 17.9 Å². The smallest absolute Gasteiger partial charge is 0.269 e. The summed E-state index contributed by atoms with van der Waals surface area (Å²) in [6.07, 6.45) is 4.50. The van der Waals surface area contributed by atoms with Crippen molar-refractivity contribution < 1.29 is 9.59 Å². The number of hydrazine groups is 1. The third-order valence-corrected chi connectivity index (χ3v) is 3.26. The normalized spacial score (nSPS) is 18.4. The molecule has 1 N–H and O–H groups in total. The molecule has 106 valence electrons. The van der Waals surface area contributed by atoms with Gasteiger partial charge in [-0.25, -0.2) is 0 Å². The topological polar surface area (TPSA) is 49.4 Å². The highest BCUT2D eigenvalue weighted by Gasteiger charge is 2.24. The fourth-order valence-electron chi connectivity index (χ4n) is 2.32.